The molecule has 1 atom stereocenters. The Labute approximate surface area is 99.2 Å². The third-order valence-corrected chi connectivity index (χ3v) is 3.46. The lowest BCUT2D eigenvalue weighted by Crippen LogP contribution is -2.43. The van der Waals surface area contributed by atoms with Crippen molar-refractivity contribution in [2.75, 3.05) is 7.11 Å². The van der Waals surface area contributed by atoms with Crippen LogP contribution in [0.1, 0.15) is 53.4 Å². The molecule has 1 N–H and O–H groups in total. The first kappa shape index (κ1) is 15.4. The molecule has 0 heterocycles. The number of carboxylic acids is 1. The van der Waals surface area contributed by atoms with Crippen LogP contribution in [-0.2, 0) is 9.53 Å². The molecule has 96 valence electrons. The van der Waals surface area contributed by atoms with Crippen LogP contribution in [0.4, 0.5) is 0 Å². The maximum absolute atomic E-state index is 11.2. The van der Waals surface area contributed by atoms with Gasteiger partial charge in [-0.25, -0.2) is 4.79 Å². The minimum absolute atomic E-state index is 0.313. The zero-order valence-corrected chi connectivity index (χ0v) is 11.2. The minimum atomic E-state index is -0.857. The molecule has 0 fully saturated rings. The van der Waals surface area contributed by atoms with E-state index in [9.17, 15) is 4.79 Å². The van der Waals surface area contributed by atoms with Gasteiger partial charge in [0.2, 0.25) is 0 Å². The van der Waals surface area contributed by atoms with Crippen molar-refractivity contribution in [1.82, 2.24) is 0 Å². The molecule has 0 spiro atoms. The van der Waals surface area contributed by atoms with E-state index in [2.05, 4.69) is 13.8 Å². The Morgan fingerprint density at radius 1 is 1.25 bits per heavy atom. The van der Waals surface area contributed by atoms with E-state index in [0.717, 1.165) is 25.7 Å². The Balaban J connectivity index is 4.84. The molecule has 0 aromatic heterocycles. The van der Waals surface area contributed by atoms with Gasteiger partial charge in [-0.1, -0.05) is 53.4 Å². The van der Waals surface area contributed by atoms with E-state index in [-0.39, 0.29) is 5.41 Å². The summed E-state index contributed by atoms with van der Waals surface area (Å²) in [6, 6.07) is 0. The molecular weight excluding hydrogens is 204 g/mol. The zero-order chi connectivity index (χ0) is 12.8. The molecule has 3 heteroatoms. The van der Waals surface area contributed by atoms with Crippen LogP contribution in [0, 0.1) is 11.3 Å². The zero-order valence-electron chi connectivity index (χ0n) is 11.2. The van der Waals surface area contributed by atoms with Crippen molar-refractivity contribution in [1.29, 1.82) is 0 Å². The van der Waals surface area contributed by atoms with E-state index in [1.807, 2.05) is 13.8 Å². The monoisotopic (exact) mass is 230 g/mol. The average Bonchev–Trinajstić information content (AvgIpc) is 2.17. The van der Waals surface area contributed by atoms with Gasteiger partial charge in [0.25, 0.3) is 0 Å². The number of ether oxygens (including phenoxy) is 1. The SMILES string of the molecule is CCCC(CCC)C(C)(C)C(OC)C(=O)O. The highest BCUT2D eigenvalue weighted by Crippen LogP contribution is 2.38. The van der Waals surface area contributed by atoms with Crippen LogP contribution in [0.2, 0.25) is 0 Å². The molecule has 0 amide bonds. The van der Waals surface area contributed by atoms with Gasteiger partial charge in [-0.2, -0.15) is 0 Å². The highest BCUT2D eigenvalue weighted by molar-refractivity contribution is 5.73. The Hall–Kier alpha value is -0.570. The molecule has 0 radical (unpaired) electrons. The highest BCUT2D eigenvalue weighted by atomic mass is 16.5. The lowest BCUT2D eigenvalue weighted by molar-refractivity contribution is -0.159. The molecule has 0 bridgehead atoms. The molecule has 1 unspecified atom stereocenters. The lowest BCUT2D eigenvalue weighted by Gasteiger charge is -2.38. The van der Waals surface area contributed by atoms with E-state index >= 15 is 0 Å². The molecule has 0 aliphatic rings. The minimum Gasteiger partial charge on any atom is -0.479 e. The number of hydrogen-bond acceptors (Lipinski definition) is 2. The first-order valence-corrected chi connectivity index (χ1v) is 6.17. The van der Waals surface area contributed by atoms with Crippen LogP contribution in [0.5, 0.6) is 0 Å². The summed E-state index contributed by atoms with van der Waals surface area (Å²) in [6.45, 7) is 8.29. The standard InChI is InChI=1S/C13H26O3/c1-6-8-10(9-7-2)13(3,4)11(16-5)12(14)15/h10-11H,6-9H2,1-5H3,(H,14,15). The van der Waals surface area contributed by atoms with Gasteiger partial charge in [0.1, 0.15) is 0 Å². The third kappa shape index (κ3) is 3.78. The number of hydrogen-bond donors (Lipinski definition) is 1. The molecule has 0 aromatic rings. The van der Waals surface area contributed by atoms with Crippen molar-refractivity contribution >= 4 is 5.97 Å². The van der Waals surface area contributed by atoms with Crippen LogP contribution in [0.25, 0.3) is 0 Å². The quantitative estimate of drug-likeness (QED) is 0.695. The summed E-state index contributed by atoms with van der Waals surface area (Å²) in [5.74, 6) is -0.451. The van der Waals surface area contributed by atoms with Crippen molar-refractivity contribution in [3.8, 4) is 0 Å². The molecule has 16 heavy (non-hydrogen) atoms. The third-order valence-electron chi connectivity index (χ3n) is 3.46. The van der Waals surface area contributed by atoms with Gasteiger partial charge in [0.05, 0.1) is 0 Å². The molecule has 3 nitrogen and oxygen atoms in total. The average molecular weight is 230 g/mol. The van der Waals surface area contributed by atoms with E-state index < -0.39 is 12.1 Å². The molecule has 0 rings (SSSR count). The largest absolute Gasteiger partial charge is 0.479 e. The first-order chi connectivity index (χ1) is 7.41. The number of methoxy groups -OCH3 is 1. The van der Waals surface area contributed by atoms with Crippen molar-refractivity contribution < 1.29 is 14.6 Å². The number of rotatable bonds is 8. The number of aliphatic carboxylic acids is 1. The summed E-state index contributed by atoms with van der Waals surface area (Å²) in [6.07, 6.45) is 3.59. The first-order valence-electron chi connectivity index (χ1n) is 6.17. The predicted octanol–water partition coefficient (Wildman–Crippen LogP) is 3.33. The summed E-state index contributed by atoms with van der Waals surface area (Å²) in [5, 5.41) is 9.17. The normalized spacial score (nSPS) is 14.1. The Morgan fingerprint density at radius 3 is 1.94 bits per heavy atom. The van der Waals surface area contributed by atoms with E-state index in [0.29, 0.717) is 5.92 Å². The highest BCUT2D eigenvalue weighted by Gasteiger charge is 2.40. The van der Waals surface area contributed by atoms with Crippen molar-refractivity contribution in [2.24, 2.45) is 11.3 Å². The summed E-state index contributed by atoms with van der Waals surface area (Å²) >= 11 is 0. The molecular formula is C13H26O3. The summed E-state index contributed by atoms with van der Waals surface area (Å²) in [5.41, 5.74) is -0.313. The van der Waals surface area contributed by atoms with Gasteiger partial charge in [-0.3, -0.25) is 0 Å². The van der Waals surface area contributed by atoms with E-state index in [4.69, 9.17) is 9.84 Å². The second-order valence-electron chi connectivity index (χ2n) is 5.05. The second-order valence-corrected chi connectivity index (χ2v) is 5.05. The van der Waals surface area contributed by atoms with Crippen LogP contribution in [0.3, 0.4) is 0 Å². The van der Waals surface area contributed by atoms with Crippen LogP contribution < -0.4 is 0 Å². The lowest BCUT2D eigenvalue weighted by atomic mass is 9.70. The van der Waals surface area contributed by atoms with Gasteiger partial charge in [0, 0.05) is 12.5 Å². The summed E-state index contributed by atoms with van der Waals surface area (Å²) in [7, 11) is 1.48. The van der Waals surface area contributed by atoms with Gasteiger partial charge >= 0.3 is 5.97 Å². The van der Waals surface area contributed by atoms with Gasteiger partial charge in [0.15, 0.2) is 6.10 Å². The second kappa shape index (κ2) is 6.89. The fourth-order valence-electron chi connectivity index (χ4n) is 2.52. The number of carboxylic acid groups (broad SMARTS) is 1. The summed E-state index contributed by atoms with van der Waals surface area (Å²) < 4.78 is 5.15. The van der Waals surface area contributed by atoms with Gasteiger partial charge in [-0.15, -0.1) is 0 Å². The fourth-order valence-corrected chi connectivity index (χ4v) is 2.52. The maximum Gasteiger partial charge on any atom is 0.333 e. The van der Waals surface area contributed by atoms with Crippen LogP contribution in [-0.4, -0.2) is 24.3 Å². The fraction of sp³-hybridized carbons (Fsp3) is 0.923. The van der Waals surface area contributed by atoms with Crippen molar-refractivity contribution in [3.63, 3.8) is 0 Å². The smallest absolute Gasteiger partial charge is 0.333 e. The van der Waals surface area contributed by atoms with Crippen LogP contribution >= 0.6 is 0 Å². The van der Waals surface area contributed by atoms with E-state index in [1.54, 1.807) is 0 Å². The molecule has 0 aromatic carbocycles. The Bertz CT molecular complexity index is 205. The molecule has 0 aliphatic carbocycles. The Kier molecular flexibility index (Phi) is 6.65. The summed E-state index contributed by atoms with van der Waals surface area (Å²) in [4.78, 5) is 11.2. The molecule has 0 saturated carbocycles. The van der Waals surface area contributed by atoms with E-state index in [1.165, 1.54) is 7.11 Å². The topological polar surface area (TPSA) is 46.5 Å². The van der Waals surface area contributed by atoms with Crippen molar-refractivity contribution in [2.45, 2.75) is 59.5 Å². The molecule has 0 saturated heterocycles. The van der Waals surface area contributed by atoms with Gasteiger partial charge in [-0.05, 0) is 5.92 Å². The number of carbonyl (C=O) groups is 1. The maximum atomic E-state index is 11.2. The molecule has 0 aliphatic heterocycles. The van der Waals surface area contributed by atoms with Crippen molar-refractivity contribution in [3.05, 3.63) is 0 Å². The predicted molar refractivity (Wildman–Crippen MR) is 65.5 cm³/mol. The Morgan fingerprint density at radius 2 is 1.69 bits per heavy atom. The van der Waals surface area contributed by atoms with Crippen LogP contribution in [0.15, 0.2) is 0 Å². The van der Waals surface area contributed by atoms with Gasteiger partial charge < -0.3 is 9.84 Å².